The van der Waals surface area contributed by atoms with E-state index in [2.05, 4.69) is 5.32 Å². The Morgan fingerprint density at radius 1 is 1.33 bits per heavy atom. The monoisotopic (exact) mass is 294 g/mol. The van der Waals surface area contributed by atoms with Gasteiger partial charge in [0.05, 0.1) is 6.54 Å². The molecule has 0 aliphatic rings. The standard InChI is InChI=1S/C15H22N2O4/c1-4-17(9-14(19)16-11(2)3)15(20)10-21-13-8-6-5-7-12(13)18/h5-8,11,18H,4,9-10H2,1-3H3,(H,16,19). The molecule has 0 aromatic heterocycles. The molecule has 0 atom stereocenters. The normalized spacial score (nSPS) is 10.3. The lowest BCUT2D eigenvalue weighted by Gasteiger charge is -2.21. The Hall–Kier alpha value is -2.24. The molecule has 0 radical (unpaired) electrons. The summed E-state index contributed by atoms with van der Waals surface area (Å²) < 4.78 is 5.27. The van der Waals surface area contributed by atoms with Gasteiger partial charge in [-0.3, -0.25) is 9.59 Å². The van der Waals surface area contributed by atoms with Crippen LogP contribution in [0, 0.1) is 0 Å². The molecule has 116 valence electrons. The first-order valence-electron chi connectivity index (χ1n) is 6.92. The fourth-order valence-electron chi connectivity index (χ4n) is 1.73. The van der Waals surface area contributed by atoms with Crippen LogP contribution in [0.2, 0.25) is 0 Å². The summed E-state index contributed by atoms with van der Waals surface area (Å²) >= 11 is 0. The molecule has 0 spiro atoms. The van der Waals surface area contributed by atoms with Gasteiger partial charge in [0.25, 0.3) is 5.91 Å². The molecule has 0 saturated carbocycles. The second-order valence-corrected chi connectivity index (χ2v) is 4.89. The van der Waals surface area contributed by atoms with E-state index in [0.717, 1.165) is 0 Å². The number of benzene rings is 1. The van der Waals surface area contributed by atoms with Crippen molar-refractivity contribution < 1.29 is 19.4 Å². The quantitative estimate of drug-likeness (QED) is 0.790. The highest BCUT2D eigenvalue weighted by atomic mass is 16.5. The Morgan fingerprint density at radius 2 is 2.00 bits per heavy atom. The van der Waals surface area contributed by atoms with Crippen LogP contribution in [0.3, 0.4) is 0 Å². The van der Waals surface area contributed by atoms with Gasteiger partial charge in [0.15, 0.2) is 18.1 Å². The minimum absolute atomic E-state index is 0.00234. The lowest BCUT2D eigenvalue weighted by Crippen LogP contribution is -2.44. The molecule has 0 fully saturated rings. The van der Waals surface area contributed by atoms with E-state index in [-0.39, 0.29) is 42.5 Å². The highest BCUT2D eigenvalue weighted by Gasteiger charge is 2.17. The van der Waals surface area contributed by atoms with Crippen molar-refractivity contribution in [1.82, 2.24) is 10.2 Å². The van der Waals surface area contributed by atoms with E-state index in [4.69, 9.17) is 4.74 Å². The van der Waals surface area contributed by atoms with Gasteiger partial charge in [0.1, 0.15) is 0 Å². The van der Waals surface area contributed by atoms with E-state index < -0.39 is 0 Å². The predicted octanol–water partition coefficient (Wildman–Crippen LogP) is 1.14. The Morgan fingerprint density at radius 3 is 2.57 bits per heavy atom. The summed E-state index contributed by atoms with van der Waals surface area (Å²) in [6.07, 6.45) is 0. The molecule has 0 aliphatic heterocycles. The Balaban J connectivity index is 2.52. The lowest BCUT2D eigenvalue weighted by molar-refractivity contribution is -0.137. The first kappa shape index (κ1) is 16.8. The number of rotatable bonds is 7. The number of nitrogens with zero attached hydrogens (tertiary/aromatic N) is 1. The van der Waals surface area contributed by atoms with E-state index in [9.17, 15) is 14.7 Å². The molecule has 2 amide bonds. The van der Waals surface area contributed by atoms with E-state index in [1.165, 1.54) is 11.0 Å². The summed E-state index contributed by atoms with van der Waals surface area (Å²) in [7, 11) is 0. The number of aromatic hydroxyl groups is 1. The Labute approximate surface area is 124 Å². The van der Waals surface area contributed by atoms with Crippen molar-refractivity contribution in [2.24, 2.45) is 0 Å². The fourth-order valence-corrected chi connectivity index (χ4v) is 1.73. The van der Waals surface area contributed by atoms with Crippen LogP contribution in [0.4, 0.5) is 0 Å². The van der Waals surface area contributed by atoms with Gasteiger partial charge in [-0.1, -0.05) is 12.1 Å². The van der Waals surface area contributed by atoms with Crippen LogP contribution < -0.4 is 10.1 Å². The van der Waals surface area contributed by atoms with Gasteiger partial charge in [0.2, 0.25) is 5.91 Å². The van der Waals surface area contributed by atoms with Gasteiger partial charge in [-0.05, 0) is 32.9 Å². The predicted molar refractivity (Wildman–Crippen MR) is 79.1 cm³/mol. The summed E-state index contributed by atoms with van der Waals surface area (Å²) in [6.45, 7) is 5.70. The molecule has 0 unspecified atom stereocenters. The average Bonchev–Trinajstić information content (AvgIpc) is 2.42. The maximum absolute atomic E-state index is 12.0. The molecule has 0 bridgehead atoms. The number of carbonyl (C=O) groups excluding carboxylic acids is 2. The number of phenolic OH excluding ortho intramolecular Hbond substituents is 1. The molecule has 0 aliphatic carbocycles. The summed E-state index contributed by atoms with van der Waals surface area (Å²) in [5, 5.41) is 12.3. The summed E-state index contributed by atoms with van der Waals surface area (Å²) in [6, 6.07) is 6.45. The highest BCUT2D eigenvalue weighted by molar-refractivity contribution is 5.85. The number of carbonyl (C=O) groups is 2. The maximum Gasteiger partial charge on any atom is 0.260 e. The summed E-state index contributed by atoms with van der Waals surface area (Å²) in [5.74, 6) is -0.290. The number of nitrogens with one attached hydrogen (secondary N) is 1. The largest absolute Gasteiger partial charge is 0.504 e. The second-order valence-electron chi connectivity index (χ2n) is 4.89. The van der Waals surface area contributed by atoms with Crippen molar-refractivity contribution in [3.05, 3.63) is 24.3 Å². The maximum atomic E-state index is 12.0. The zero-order valence-corrected chi connectivity index (χ0v) is 12.6. The zero-order chi connectivity index (χ0) is 15.8. The average molecular weight is 294 g/mol. The van der Waals surface area contributed by atoms with Crippen LogP contribution in [0.5, 0.6) is 11.5 Å². The van der Waals surface area contributed by atoms with Gasteiger partial charge < -0.3 is 20.1 Å². The van der Waals surface area contributed by atoms with Crippen molar-refractivity contribution in [3.8, 4) is 11.5 Å². The lowest BCUT2D eigenvalue weighted by atomic mass is 10.3. The Kier molecular flexibility index (Phi) is 6.52. The first-order chi connectivity index (χ1) is 9.93. The minimum atomic E-state index is -0.306. The highest BCUT2D eigenvalue weighted by Crippen LogP contribution is 2.24. The molecular weight excluding hydrogens is 272 g/mol. The first-order valence-corrected chi connectivity index (χ1v) is 6.92. The fraction of sp³-hybridized carbons (Fsp3) is 0.467. The SMILES string of the molecule is CCN(CC(=O)NC(C)C)C(=O)COc1ccccc1O. The van der Waals surface area contributed by atoms with Crippen LogP contribution in [-0.2, 0) is 9.59 Å². The van der Waals surface area contributed by atoms with Crippen molar-refractivity contribution in [3.63, 3.8) is 0 Å². The van der Waals surface area contributed by atoms with Crippen LogP contribution in [-0.4, -0.2) is 47.6 Å². The van der Waals surface area contributed by atoms with Crippen LogP contribution in [0.15, 0.2) is 24.3 Å². The number of para-hydroxylation sites is 2. The van der Waals surface area contributed by atoms with Crippen molar-refractivity contribution in [2.75, 3.05) is 19.7 Å². The molecular formula is C15H22N2O4. The van der Waals surface area contributed by atoms with E-state index in [1.54, 1.807) is 25.1 Å². The third-order valence-corrected chi connectivity index (χ3v) is 2.73. The Bertz CT molecular complexity index is 488. The van der Waals surface area contributed by atoms with Crippen molar-refractivity contribution in [2.45, 2.75) is 26.8 Å². The van der Waals surface area contributed by atoms with Gasteiger partial charge in [-0.2, -0.15) is 0 Å². The molecule has 6 heteroatoms. The van der Waals surface area contributed by atoms with Crippen LogP contribution in [0.1, 0.15) is 20.8 Å². The second kappa shape index (κ2) is 8.14. The third kappa shape index (κ3) is 5.72. The van der Waals surface area contributed by atoms with Gasteiger partial charge in [-0.15, -0.1) is 0 Å². The molecule has 1 aromatic rings. The van der Waals surface area contributed by atoms with Gasteiger partial charge >= 0.3 is 0 Å². The van der Waals surface area contributed by atoms with Crippen molar-refractivity contribution >= 4 is 11.8 Å². The molecule has 21 heavy (non-hydrogen) atoms. The van der Waals surface area contributed by atoms with Crippen LogP contribution in [0.25, 0.3) is 0 Å². The molecule has 1 rings (SSSR count). The van der Waals surface area contributed by atoms with Crippen LogP contribution >= 0.6 is 0 Å². The zero-order valence-electron chi connectivity index (χ0n) is 12.6. The summed E-state index contributed by atoms with van der Waals surface area (Å²) in [5.41, 5.74) is 0. The van der Waals surface area contributed by atoms with Gasteiger partial charge in [-0.25, -0.2) is 0 Å². The minimum Gasteiger partial charge on any atom is -0.504 e. The number of phenols is 1. The number of hydrogen-bond acceptors (Lipinski definition) is 4. The molecule has 0 heterocycles. The van der Waals surface area contributed by atoms with Crippen molar-refractivity contribution in [1.29, 1.82) is 0 Å². The number of likely N-dealkylation sites (N-methyl/N-ethyl adjacent to an activating group) is 1. The molecule has 0 saturated heterocycles. The topological polar surface area (TPSA) is 78.9 Å². The number of ether oxygens (including phenoxy) is 1. The van der Waals surface area contributed by atoms with E-state index in [1.807, 2.05) is 13.8 Å². The third-order valence-electron chi connectivity index (χ3n) is 2.73. The van der Waals surface area contributed by atoms with Gasteiger partial charge in [0, 0.05) is 12.6 Å². The smallest absolute Gasteiger partial charge is 0.260 e. The molecule has 2 N–H and O–H groups in total. The molecule has 6 nitrogen and oxygen atoms in total. The number of hydrogen-bond donors (Lipinski definition) is 2. The van der Waals surface area contributed by atoms with E-state index in [0.29, 0.717) is 6.54 Å². The summed E-state index contributed by atoms with van der Waals surface area (Å²) in [4.78, 5) is 25.1. The number of amides is 2. The molecule has 1 aromatic carbocycles. The van der Waals surface area contributed by atoms with E-state index >= 15 is 0 Å².